The van der Waals surface area contributed by atoms with Gasteiger partial charge in [0, 0.05) is 0 Å². The Morgan fingerprint density at radius 1 is 1.25 bits per heavy atom. The molecule has 0 radical (unpaired) electrons. The van der Waals surface area contributed by atoms with Crippen LogP contribution in [0.5, 0.6) is 0 Å². The van der Waals surface area contributed by atoms with Gasteiger partial charge < -0.3 is 5.73 Å². The summed E-state index contributed by atoms with van der Waals surface area (Å²) in [6.07, 6.45) is 0. The van der Waals surface area contributed by atoms with E-state index in [4.69, 9.17) is 22.6 Å². The number of rotatable bonds is 1. The van der Waals surface area contributed by atoms with Crippen LogP contribution in [0.4, 0.5) is 10.3 Å². The zero-order valence-electron chi connectivity index (χ0n) is 10.1. The number of imidazole rings is 1. The molecule has 0 saturated carbocycles. The first-order valence-electron chi connectivity index (χ1n) is 5.73. The number of nitrogens with zero attached hydrogens (tertiary/aromatic N) is 3. The molecule has 0 aliphatic carbocycles. The van der Waals surface area contributed by atoms with E-state index in [1.54, 1.807) is 22.8 Å². The van der Waals surface area contributed by atoms with Crippen molar-refractivity contribution >= 4 is 28.6 Å². The molecule has 1 aromatic heterocycles. The highest BCUT2D eigenvalue weighted by Crippen LogP contribution is 2.29. The van der Waals surface area contributed by atoms with Gasteiger partial charge in [0.15, 0.2) is 0 Å². The highest BCUT2D eigenvalue weighted by atomic mass is 35.5. The van der Waals surface area contributed by atoms with Crippen molar-refractivity contribution in [2.75, 3.05) is 5.73 Å². The van der Waals surface area contributed by atoms with E-state index in [0.717, 1.165) is 0 Å². The molecule has 20 heavy (non-hydrogen) atoms. The molecule has 4 nitrogen and oxygen atoms in total. The first-order valence-corrected chi connectivity index (χ1v) is 6.11. The van der Waals surface area contributed by atoms with Crippen LogP contribution >= 0.6 is 11.6 Å². The molecule has 2 aromatic carbocycles. The van der Waals surface area contributed by atoms with E-state index in [1.165, 1.54) is 18.2 Å². The Balaban J connectivity index is 2.35. The van der Waals surface area contributed by atoms with Crippen molar-refractivity contribution in [3.05, 3.63) is 52.8 Å². The van der Waals surface area contributed by atoms with E-state index < -0.39 is 5.82 Å². The number of hydrogen-bond donors (Lipinski definition) is 1. The second-order valence-electron chi connectivity index (χ2n) is 4.22. The molecule has 0 unspecified atom stereocenters. The number of hydrogen-bond acceptors (Lipinski definition) is 3. The van der Waals surface area contributed by atoms with Gasteiger partial charge in [-0.2, -0.15) is 5.26 Å². The first-order chi connectivity index (χ1) is 9.60. The smallest absolute Gasteiger partial charge is 0.205 e. The van der Waals surface area contributed by atoms with Crippen LogP contribution in [0.3, 0.4) is 0 Å². The van der Waals surface area contributed by atoms with Gasteiger partial charge in [-0.15, -0.1) is 0 Å². The van der Waals surface area contributed by atoms with E-state index in [-0.39, 0.29) is 11.0 Å². The lowest BCUT2D eigenvalue weighted by atomic mass is 10.2. The van der Waals surface area contributed by atoms with Crippen LogP contribution in [0, 0.1) is 17.1 Å². The van der Waals surface area contributed by atoms with Gasteiger partial charge in [0.1, 0.15) is 5.82 Å². The van der Waals surface area contributed by atoms with Crippen LogP contribution in [-0.2, 0) is 0 Å². The molecule has 6 heteroatoms. The zero-order valence-corrected chi connectivity index (χ0v) is 10.9. The first kappa shape index (κ1) is 12.5. The third kappa shape index (κ3) is 1.87. The van der Waals surface area contributed by atoms with Crippen molar-refractivity contribution in [1.82, 2.24) is 9.55 Å². The van der Waals surface area contributed by atoms with Crippen LogP contribution in [0.25, 0.3) is 16.7 Å². The number of nitrogens with two attached hydrogens (primary N) is 1. The standard InChI is InChI=1S/C14H8ClFN4/c15-10-6-9(16)2-4-12(10)20-13-5-8(7-17)1-3-11(13)19-14(20)18/h1-6H,(H2,18,19). The van der Waals surface area contributed by atoms with Crippen molar-refractivity contribution in [3.8, 4) is 11.8 Å². The third-order valence-corrected chi connectivity index (χ3v) is 3.26. The summed E-state index contributed by atoms with van der Waals surface area (Å²) in [5.41, 5.74) is 8.19. The number of benzene rings is 2. The summed E-state index contributed by atoms with van der Waals surface area (Å²) < 4.78 is 14.7. The minimum absolute atomic E-state index is 0.221. The van der Waals surface area contributed by atoms with Crippen molar-refractivity contribution in [1.29, 1.82) is 5.26 Å². The minimum Gasteiger partial charge on any atom is -0.369 e. The van der Waals surface area contributed by atoms with E-state index in [1.807, 2.05) is 0 Å². The maximum absolute atomic E-state index is 13.1. The second-order valence-corrected chi connectivity index (χ2v) is 4.62. The number of nitrogen functional groups attached to an aromatic ring is 1. The van der Waals surface area contributed by atoms with Crippen molar-refractivity contribution in [3.63, 3.8) is 0 Å². The SMILES string of the molecule is N#Cc1ccc2nc(N)n(-c3ccc(F)cc3Cl)c2c1. The zero-order chi connectivity index (χ0) is 14.3. The Morgan fingerprint density at radius 2 is 2.05 bits per heavy atom. The predicted molar refractivity (Wildman–Crippen MR) is 75.2 cm³/mol. The number of aromatic nitrogens is 2. The van der Waals surface area contributed by atoms with Gasteiger partial charge in [-0.1, -0.05) is 11.6 Å². The summed E-state index contributed by atoms with van der Waals surface area (Å²) >= 11 is 6.06. The average molecular weight is 287 g/mol. The van der Waals surface area contributed by atoms with E-state index >= 15 is 0 Å². The number of halogens is 2. The van der Waals surface area contributed by atoms with Crippen LogP contribution < -0.4 is 5.73 Å². The Hall–Kier alpha value is -2.58. The Kier molecular flexibility index (Phi) is 2.81. The Bertz CT molecular complexity index is 863. The van der Waals surface area contributed by atoms with Crippen molar-refractivity contribution in [2.45, 2.75) is 0 Å². The number of anilines is 1. The molecule has 0 fully saturated rings. The molecule has 0 aliphatic rings. The normalized spacial score (nSPS) is 10.7. The van der Waals surface area contributed by atoms with Gasteiger partial charge in [-0.3, -0.25) is 4.57 Å². The molecular weight excluding hydrogens is 279 g/mol. The number of fused-ring (bicyclic) bond motifs is 1. The molecule has 0 spiro atoms. The van der Waals surface area contributed by atoms with Gasteiger partial charge in [-0.25, -0.2) is 9.37 Å². The van der Waals surface area contributed by atoms with Crippen LogP contribution in [0.15, 0.2) is 36.4 Å². The lowest BCUT2D eigenvalue weighted by Gasteiger charge is -2.08. The summed E-state index contributed by atoms with van der Waals surface area (Å²) in [6.45, 7) is 0. The van der Waals surface area contributed by atoms with Gasteiger partial charge >= 0.3 is 0 Å². The van der Waals surface area contributed by atoms with Crippen LogP contribution in [0.1, 0.15) is 5.56 Å². The second kappa shape index (κ2) is 4.51. The lowest BCUT2D eigenvalue weighted by molar-refractivity contribution is 0.627. The van der Waals surface area contributed by atoms with Gasteiger partial charge in [-0.05, 0) is 36.4 Å². The predicted octanol–water partition coefficient (Wildman–Crippen LogP) is 3.27. The molecule has 0 atom stereocenters. The molecule has 3 rings (SSSR count). The highest BCUT2D eigenvalue weighted by molar-refractivity contribution is 6.32. The fourth-order valence-electron chi connectivity index (χ4n) is 2.08. The fraction of sp³-hybridized carbons (Fsp3) is 0. The summed E-state index contributed by atoms with van der Waals surface area (Å²) in [5, 5.41) is 9.19. The maximum atomic E-state index is 13.1. The van der Waals surface area contributed by atoms with Crippen LogP contribution in [-0.4, -0.2) is 9.55 Å². The molecular formula is C14H8ClFN4. The van der Waals surface area contributed by atoms with E-state index in [9.17, 15) is 4.39 Å². The lowest BCUT2D eigenvalue weighted by Crippen LogP contribution is -2.01. The van der Waals surface area contributed by atoms with Crippen molar-refractivity contribution < 1.29 is 4.39 Å². The van der Waals surface area contributed by atoms with Gasteiger partial charge in [0.2, 0.25) is 5.95 Å². The van der Waals surface area contributed by atoms with E-state index in [2.05, 4.69) is 11.1 Å². The Morgan fingerprint density at radius 3 is 2.75 bits per heavy atom. The molecule has 1 heterocycles. The number of nitriles is 1. The van der Waals surface area contributed by atoms with Gasteiger partial charge in [0.25, 0.3) is 0 Å². The minimum atomic E-state index is -0.431. The summed E-state index contributed by atoms with van der Waals surface area (Å²) in [7, 11) is 0. The topological polar surface area (TPSA) is 67.6 Å². The fourth-order valence-corrected chi connectivity index (χ4v) is 2.33. The average Bonchev–Trinajstić information content (AvgIpc) is 2.74. The van der Waals surface area contributed by atoms with Gasteiger partial charge in [0.05, 0.1) is 33.4 Å². The quantitative estimate of drug-likeness (QED) is 0.746. The molecule has 0 bridgehead atoms. The summed E-state index contributed by atoms with van der Waals surface area (Å²) in [6, 6.07) is 11.1. The third-order valence-electron chi connectivity index (χ3n) is 2.96. The molecule has 0 amide bonds. The molecule has 3 aromatic rings. The van der Waals surface area contributed by atoms with E-state index in [0.29, 0.717) is 22.3 Å². The molecule has 0 saturated heterocycles. The largest absolute Gasteiger partial charge is 0.369 e. The summed E-state index contributed by atoms with van der Waals surface area (Å²) in [5.74, 6) is -0.206. The molecule has 98 valence electrons. The molecule has 0 aliphatic heterocycles. The summed E-state index contributed by atoms with van der Waals surface area (Å²) in [4.78, 5) is 4.21. The van der Waals surface area contributed by atoms with Crippen molar-refractivity contribution in [2.24, 2.45) is 0 Å². The molecule has 2 N–H and O–H groups in total. The Labute approximate surface area is 118 Å². The monoisotopic (exact) mass is 286 g/mol. The highest BCUT2D eigenvalue weighted by Gasteiger charge is 2.13. The maximum Gasteiger partial charge on any atom is 0.205 e. The van der Waals surface area contributed by atoms with Crippen LogP contribution in [0.2, 0.25) is 5.02 Å².